The largest absolute Gasteiger partial charge is 0.472 e. The summed E-state index contributed by atoms with van der Waals surface area (Å²) in [6.07, 6.45) is 73.8. The highest BCUT2D eigenvalue weighted by Gasteiger charge is 2.29. The Balaban J connectivity index is 4.50. The van der Waals surface area contributed by atoms with E-state index in [0.717, 1.165) is 116 Å². The normalized spacial score (nSPS) is 14.5. The molecule has 18 heteroatoms. The second kappa shape index (κ2) is 68.9. The van der Waals surface area contributed by atoms with Gasteiger partial charge in [-0.2, -0.15) is 0 Å². The first-order chi connectivity index (χ1) is 45.2. The second-order valence-corrected chi connectivity index (χ2v) is 28.0. The first kappa shape index (κ1) is 90.0. The van der Waals surface area contributed by atoms with Crippen LogP contribution in [0.4, 0.5) is 0 Å². The van der Waals surface area contributed by atoms with Crippen molar-refractivity contribution < 1.29 is 75.8 Å². The first-order valence-corrected chi connectivity index (χ1v) is 40.2. The van der Waals surface area contributed by atoms with Gasteiger partial charge in [-0.25, -0.2) is 9.13 Å². The van der Waals surface area contributed by atoms with Gasteiger partial charge in [0.15, 0.2) is 6.10 Å². The van der Waals surface area contributed by atoms with Gasteiger partial charge >= 0.3 is 33.6 Å². The molecule has 0 rings (SSSR count). The number of carbonyl (C=O) groups is 3. The third-order valence-corrected chi connectivity index (χ3v) is 17.8. The van der Waals surface area contributed by atoms with Crippen LogP contribution in [0.1, 0.15) is 329 Å². The Morgan fingerprint density at radius 3 is 0.871 bits per heavy atom. The van der Waals surface area contributed by atoms with E-state index >= 15 is 0 Å². The Labute approximate surface area is 566 Å². The van der Waals surface area contributed by atoms with Crippen molar-refractivity contribution in [2.75, 3.05) is 39.6 Å². The van der Waals surface area contributed by atoms with Crippen LogP contribution in [0, 0.1) is 0 Å². The first-order valence-electron chi connectivity index (χ1n) is 37.2. The molecule has 0 heterocycles. The van der Waals surface area contributed by atoms with Gasteiger partial charge in [-0.1, -0.05) is 286 Å². The quantitative estimate of drug-likeness (QED) is 0.0146. The zero-order valence-electron chi connectivity index (χ0n) is 58.9. The van der Waals surface area contributed by atoms with Crippen molar-refractivity contribution in [3.63, 3.8) is 0 Å². The molecule has 4 N–H and O–H groups in total. The fraction of sp³-hybridized carbons (Fsp3) is 0.800. The van der Waals surface area contributed by atoms with Gasteiger partial charge in [-0.05, 0) is 96.3 Å². The molecule has 0 aromatic heterocycles. The summed E-state index contributed by atoms with van der Waals surface area (Å²) in [6, 6.07) is 0. The van der Waals surface area contributed by atoms with Crippen molar-refractivity contribution in [2.45, 2.75) is 347 Å². The summed E-state index contributed by atoms with van der Waals surface area (Å²) in [4.78, 5) is 58.5. The number of allylic oxidation sites excluding steroid dienone is 12. The van der Waals surface area contributed by atoms with E-state index in [1.165, 1.54) is 154 Å². The van der Waals surface area contributed by atoms with Crippen LogP contribution in [-0.2, 0) is 55.8 Å². The van der Waals surface area contributed by atoms with Crippen LogP contribution in [0.25, 0.3) is 0 Å². The lowest BCUT2D eigenvalue weighted by Gasteiger charge is -2.21. The Morgan fingerprint density at radius 2 is 0.538 bits per heavy atom. The van der Waals surface area contributed by atoms with Gasteiger partial charge < -0.3 is 34.2 Å². The number of esters is 3. The van der Waals surface area contributed by atoms with Crippen LogP contribution in [-0.4, -0.2) is 95.9 Å². The average Bonchev–Trinajstić information content (AvgIpc) is 3.71. The molecule has 0 bridgehead atoms. The van der Waals surface area contributed by atoms with Crippen molar-refractivity contribution in [1.82, 2.24) is 0 Å². The van der Waals surface area contributed by atoms with Crippen LogP contribution < -0.4 is 0 Å². The van der Waals surface area contributed by atoms with Gasteiger partial charge in [0.2, 0.25) is 0 Å². The summed E-state index contributed by atoms with van der Waals surface area (Å²) < 4.78 is 61.0. The van der Waals surface area contributed by atoms with E-state index in [2.05, 4.69) is 93.7 Å². The van der Waals surface area contributed by atoms with Gasteiger partial charge in [0.05, 0.1) is 26.4 Å². The molecule has 0 aliphatic rings. The van der Waals surface area contributed by atoms with Gasteiger partial charge in [0.1, 0.15) is 25.4 Å². The van der Waals surface area contributed by atoms with E-state index in [9.17, 15) is 43.5 Å². The molecule has 0 spiro atoms. The van der Waals surface area contributed by atoms with Crippen LogP contribution in [0.5, 0.6) is 0 Å². The molecule has 542 valence electrons. The third kappa shape index (κ3) is 70.1. The Morgan fingerprint density at radius 1 is 0.301 bits per heavy atom. The number of aliphatic hydroxyl groups is 2. The molecule has 5 unspecified atom stereocenters. The third-order valence-electron chi connectivity index (χ3n) is 15.9. The molecule has 0 aromatic rings. The average molecular weight is 1360 g/mol. The van der Waals surface area contributed by atoms with Gasteiger partial charge in [-0.15, -0.1) is 0 Å². The molecule has 0 aliphatic heterocycles. The molecule has 5 atom stereocenters. The van der Waals surface area contributed by atoms with Crippen molar-refractivity contribution in [3.05, 3.63) is 72.9 Å². The maximum absolute atomic E-state index is 12.9. The lowest BCUT2D eigenvalue weighted by molar-refractivity contribution is -0.161. The monoisotopic (exact) mass is 1350 g/mol. The summed E-state index contributed by atoms with van der Waals surface area (Å²) in [5, 5.41) is 20.6. The van der Waals surface area contributed by atoms with Crippen molar-refractivity contribution >= 4 is 33.6 Å². The molecule has 0 fully saturated rings. The van der Waals surface area contributed by atoms with Crippen molar-refractivity contribution in [1.29, 1.82) is 0 Å². The summed E-state index contributed by atoms with van der Waals surface area (Å²) >= 11 is 0. The molecular formula is C75H136O16P2. The van der Waals surface area contributed by atoms with E-state index in [0.29, 0.717) is 19.3 Å². The van der Waals surface area contributed by atoms with E-state index in [1.54, 1.807) is 0 Å². The number of rotatable bonds is 71. The fourth-order valence-electron chi connectivity index (χ4n) is 10.2. The summed E-state index contributed by atoms with van der Waals surface area (Å²) in [6.45, 7) is 2.64. The molecule has 0 aromatic carbocycles. The molecule has 0 amide bonds. The second-order valence-electron chi connectivity index (χ2n) is 25.1. The zero-order valence-corrected chi connectivity index (χ0v) is 60.7. The molecule has 93 heavy (non-hydrogen) atoms. The number of aliphatic hydroxyl groups excluding tert-OH is 2. The van der Waals surface area contributed by atoms with Crippen LogP contribution >= 0.6 is 15.6 Å². The lowest BCUT2D eigenvalue weighted by Crippen LogP contribution is -2.30. The summed E-state index contributed by atoms with van der Waals surface area (Å²) in [7, 11) is -9.77. The Kier molecular flexibility index (Phi) is 66.7. The standard InChI is InChI=1S/C75H136O16P2/c1-4-7-10-13-16-19-22-25-28-29-30-31-32-33-34-35-36-37-38-39-42-44-46-49-52-55-58-61-73(78)85-64-70(76)65-87-92(81,82)88-66-71(77)67-89-93(83,84)90-69-72(91-75(80)63-60-57-54-51-48-45-41-27-24-21-18-15-12-9-6-3)68-86-74(79)62-59-56-53-50-47-43-40-26-23-20-17-14-11-8-5-2/h16-17,19-20,25-26,28,30-31,33-34,40,70-72,76-77H,4-15,18,21-24,27,29,32,35-39,41-69H2,1-3H3,(H,81,82)(H,83,84)/b19-16-,20-17-,28-25-,31-30-,34-33-,40-26-. The molecule has 0 aliphatic carbocycles. The Hall–Kier alpha value is -3.01. The predicted molar refractivity (Wildman–Crippen MR) is 381 cm³/mol. The molecular weight excluding hydrogens is 1220 g/mol. The predicted octanol–water partition coefficient (Wildman–Crippen LogP) is 21.1. The van der Waals surface area contributed by atoms with E-state index in [-0.39, 0.29) is 19.3 Å². The number of phosphoric acid groups is 2. The highest BCUT2D eigenvalue weighted by Crippen LogP contribution is 2.45. The fourth-order valence-corrected chi connectivity index (χ4v) is 11.8. The SMILES string of the molecule is CCCCC/C=C\C/C=C\C/C=C\C/C=C\CCCCCCCCCCCCCC(=O)OCC(O)COP(=O)(O)OCC(O)COP(=O)(O)OCC(COC(=O)CCCCCCC/C=C\C/C=C\CCCCC)OC(=O)CCCCCCCCCCCCCCCCC. The van der Waals surface area contributed by atoms with E-state index in [1.807, 2.05) is 0 Å². The highest BCUT2D eigenvalue weighted by atomic mass is 31.2. The van der Waals surface area contributed by atoms with Gasteiger partial charge in [0, 0.05) is 19.3 Å². The smallest absolute Gasteiger partial charge is 0.463 e. The number of carbonyl (C=O) groups excluding carboxylic acids is 3. The van der Waals surface area contributed by atoms with Crippen LogP contribution in [0.3, 0.4) is 0 Å². The van der Waals surface area contributed by atoms with Crippen LogP contribution in [0.2, 0.25) is 0 Å². The summed E-state index contributed by atoms with van der Waals surface area (Å²) in [5.74, 6) is -1.58. The van der Waals surface area contributed by atoms with Crippen LogP contribution in [0.15, 0.2) is 72.9 Å². The minimum atomic E-state index is -4.92. The number of phosphoric ester groups is 2. The lowest BCUT2D eigenvalue weighted by atomic mass is 10.0. The maximum atomic E-state index is 12.9. The topological polar surface area (TPSA) is 231 Å². The number of unbranched alkanes of at least 4 members (excludes halogenated alkanes) is 36. The van der Waals surface area contributed by atoms with Gasteiger partial charge in [0.25, 0.3) is 0 Å². The molecule has 0 saturated carbocycles. The minimum Gasteiger partial charge on any atom is -0.463 e. The number of hydrogen-bond acceptors (Lipinski definition) is 14. The van der Waals surface area contributed by atoms with E-state index < -0.39 is 91.5 Å². The van der Waals surface area contributed by atoms with Gasteiger partial charge in [-0.3, -0.25) is 32.5 Å². The maximum Gasteiger partial charge on any atom is 0.472 e. The number of hydrogen-bond donors (Lipinski definition) is 4. The molecule has 16 nitrogen and oxygen atoms in total. The summed E-state index contributed by atoms with van der Waals surface area (Å²) in [5.41, 5.74) is 0. The van der Waals surface area contributed by atoms with Crippen molar-refractivity contribution in [2.24, 2.45) is 0 Å². The van der Waals surface area contributed by atoms with E-state index in [4.69, 9.17) is 32.3 Å². The zero-order chi connectivity index (χ0) is 68.1. The highest BCUT2D eigenvalue weighted by molar-refractivity contribution is 7.47. The molecule has 0 saturated heterocycles. The van der Waals surface area contributed by atoms with Crippen molar-refractivity contribution in [3.8, 4) is 0 Å². The molecule has 0 radical (unpaired) electrons. The Bertz CT molecular complexity index is 1990. The number of ether oxygens (including phenoxy) is 3. The minimum absolute atomic E-state index is 0.107.